The van der Waals surface area contributed by atoms with E-state index in [1.165, 1.54) is 0 Å². The average molecular weight is 297 g/mol. The Balaban J connectivity index is 3.14. The molecule has 0 amide bonds. The highest BCUT2D eigenvalue weighted by atomic mass is 31.1. The Bertz CT molecular complexity index is 417. The molecule has 0 aliphatic heterocycles. The van der Waals surface area contributed by atoms with Crippen LogP contribution >= 0.6 is 7.80 Å². The molecule has 0 N–H and O–H groups in total. The quantitative estimate of drug-likeness (QED) is 0.546. The molecule has 1 unspecified atom stereocenters. The summed E-state index contributed by atoms with van der Waals surface area (Å²) in [7, 11) is -1.70. The zero-order valence-electron chi connectivity index (χ0n) is 13.2. The van der Waals surface area contributed by atoms with Crippen molar-refractivity contribution in [2.75, 3.05) is 13.2 Å². The van der Waals surface area contributed by atoms with Crippen LogP contribution in [0.25, 0.3) is 0 Å². The highest BCUT2D eigenvalue weighted by molar-refractivity contribution is 7.47. The van der Waals surface area contributed by atoms with E-state index in [1.807, 2.05) is 65.0 Å². The summed E-state index contributed by atoms with van der Waals surface area (Å²) in [6.07, 6.45) is 0.502. The van der Waals surface area contributed by atoms with Gasteiger partial charge in [0.2, 0.25) is 0 Å². The number of ether oxygens (including phenoxy) is 2. The van der Waals surface area contributed by atoms with Gasteiger partial charge in [0.05, 0.1) is 19.6 Å². The van der Waals surface area contributed by atoms with Crippen molar-refractivity contribution in [1.29, 1.82) is 0 Å². The summed E-state index contributed by atoms with van der Waals surface area (Å²) < 4.78 is 24.7. The first-order chi connectivity index (χ1) is 9.35. The summed E-state index contributed by atoms with van der Waals surface area (Å²) in [4.78, 5) is 0. The van der Waals surface area contributed by atoms with Crippen LogP contribution in [0.4, 0.5) is 0 Å². The minimum absolute atomic E-state index is 0.367. The Morgan fingerprint density at radius 2 is 1.50 bits per heavy atom. The Morgan fingerprint density at radius 1 is 1.00 bits per heavy atom. The second-order valence-electron chi connectivity index (χ2n) is 5.71. The van der Waals surface area contributed by atoms with Crippen molar-refractivity contribution in [3.05, 3.63) is 35.9 Å². The normalized spacial score (nSPS) is 13.3. The van der Waals surface area contributed by atoms with Crippen molar-refractivity contribution in [2.45, 2.75) is 51.7 Å². The van der Waals surface area contributed by atoms with Crippen LogP contribution in [0.5, 0.6) is 0 Å². The molecule has 0 aliphatic rings. The monoisotopic (exact) mass is 297 g/mol. The van der Waals surface area contributed by atoms with Crippen LogP contribution < -0.4 is 0 Å². The van der Waals surface area contributed by atoms with Gasteiger partial charge in [-0.2, -0.15) is 0 Å². The number of rotatable bonds is 7. The van der Waals surface area contributed by atoms with Crippen molar-refractivity contribution >= 4 is 7.80 Å². The molecule has 4 heteroatoms. The highest BCUT2D eigenvalue weighted by Gasteiger charge is 2.58. The van der Waals surface area contributed by atoms with E-state index in [0.29, 0.717) is 19.6 Å². The van der Waals surface area contributed by atoms with E-state index in [4.69, 9.17) is 9.47 Å². The fourth-order valence-corrected chi connectivity index (χ4v) is 3.99. The maximum atomic E-state index is 13.0. The van der Waals surface area contributed by atoms with Crippen LogP contribution in [0, 0.1) is 0 Å². The van der Waals surface area contributed by atoms with Crippen LogP contribution in [0.3, 0.4) is 0 Å². The molecule has 0 fully saturated rings. The molecular weight excluding hydrogens is 271 g/mol. The summed E-state index contributed by atoms with van der Waals surface area (Å²) in [5.41, 5.74) is 0.0281. The van der Waals surface area contributed by atoms with Gasteiger partial charge in [0, 0.05) is 0 Å². The molecule has 3 nitrogen and oxygen atoms in total. The van der Waals surface area contributed by atoms with Gasteiger partial charge < -0.3 is 9.47 Å². The van der Waals surface area contributed by atoms with Crippen molar-refractivity contribution in [3.8, 4) is 0 Å². The molecule has 0 aromatic heterocycles. The van der Waals surface area contributed by atoms with E-state index in [1.54, 1.807) is 0 Å². The predicted molar refractivity (Wildman–Crippen MR) is 83.5 cm³/mol. The van der Waals surface area contributed by atoms with Crippen LogP contribution in [0.2, 0.25) is 0 Å². The van der Waals surface area contributed by atoms with Gasteiger partial charge in [-0.15, -0.1) is 0 Å². The molecule has 0 heterocycles. The molecule has 1 aromatic rings. The Hall–Kier alpha value is -0.760. The van der Waals surface area contributed by atoms with E-state index >= 15 is 0 Å². The van der Waals surface area contributed by atoms with Gasteiger partial charge in [0.15, 0.2) is 5.16 Å². The van der Waals surface area contributed by atoms with Gasteiger partial charge in [-0.05, 0) is 40.2 Å². The van der Waals surface area contributed by atoms with Crippen molar-refractivity contribution in [3.63, 3.8) is 0 Å². The summed E-state index contributed by atoms with van der Waals surface area (Å²) in [6, 6.07) is 9.94. The number of hydrogen-bond acceptors (Lipinski definition) is 3. The molecule has 0 spiro atoms. The second kappa shape index (κ2) is 7.31. The third kappa shape index (κ3) is 4.37. The van der Waals surface area contributed by atoms with E-state index in [2.05, 4.69) is 0 Å². The first kappa shape index (κ1) is 17.3. The highest BCUT2D eigenvalue weighted by Crippen LogP contribution is 2.52. The summed E-state index contributed by atoms with van der Waals surface area (Å²) >= 11 is 0. The number of benzene rings is 1. The SMILES string of the molecule is CCOC(Cc1ccccc1)(OCC)[P+](=O)C(C)(C)C. The first-order valence-electron chi connectivity index (χ1n) is 7.15. The second-order valence-corrected chi connectivity index (χ2v) is 8.32. The summed E-state index contributed by atoms with van der Waals surface area (Å²) in [5, 5.41) is -0.367. The van der Waals surface area contributed by atoms with Gasteiger partial charge in [0.1, 0.15) is 0 Å². The topological polar surface area (TPSA) is 35.5 Å². The van der Waals surface area contributed by atoms with Crippen LogP contribution in [-0.4, -0.2) is 23.9 Å². The number of hydrogen-bond donors (Lipinski definition) is 0. The lowest BCUT2D eigenvalue weighted by molar-refractivity contribution is -0.171. The molecule has 0 radical (unpaired) electrons. The van der Waals surface area contributed by atoms with E-state index in [-0.39, 0.29) is 5.16 Å². The molecular formula is C16H26O3P+. The van der Waals surface area contributed by atoms with Crippen molar-refractivity contribution in [1.82, 2.24) is 0 Å². The Labute approximate surface area is 123 Å². The summed E-state index contributed by atoms with van der Waals surface area (Å²) in [5.74, 6) is 0. The largest absolute Gasteiger partial charge is 0.410 e. The molecule has 1 aromatic carbocycles. The molecule has 0 saturated carbocycles. The fraction of sp³-hybridized carbons (Fsp3) is 0.625. The maximum absolute atomic E-state index is 13.0. The third-order valence-corrected chi connectivity index (χ3v) is 5.18. The molecule has 0 bridgehead atoms. The maximum Gasteiger partial charge on any atom is 0.410 e. The smallest absolute Gasteiger partial charge is 0.310 e. The van der Waals surface area contributed by atoms with Gasteiger partial charge in [0.25, 0.3) is 0 Å². The lowest BCUT2D eigenvalue weighted by Crippen LogP contribution is -2.39. The minimum atomic E-state index is -1.70. The first-order valence-corrected chi connectivity index (χ1v) is 8.41. The Kier molecular flexibility index (Phi) is 6.32. The van der Waals surface area contributed by atoms with Crippen molar-refractivity contribution < 1.29 is 14.0 Å². The molecule has 0 aliphatic carbocycles. The van der Waals surface area contributed by atoms with Gasteiger partial charge in [-0.25, -0.2) is 0 Å². The van der Waals surface area contributed by atoms with Crippen LogP contribution in [-0.2, 0) is 20.5 Å². The van der Waals surface area contributed by atoms with Crippen molar-refractivity contribution in [2.24, 2.45) is 0 Å². The van der Waals surface area contributed by atoms with Crippen LogP contribution in [0.15, 0.2) is 30.3 Å². The van der Waals surface area contributed by atoms with Gasteiger partial charge in [-0.1, -0.05) is 34.9 Å². The van der Waals surface area contributed by atoms with E-state index in [9.17, 15) is 4.57 Å². The molecule has 1 rings (SSSR count). The lowest BCUT2D eigenvalue weighted by Gasteiger charge is -2.27. The predicted octanol–water partition coefficient (Wildman–Crippen LogP) is 4.58. The fourth-order valence-electron chi connectivity index (χ4n) is 2.15. The third-order valence-electron chi connectivity index (χ3n) is 2.93. The van der Waals surface area contributed by atoms with Gasteiger partial charge in [-0.3, -0.25) is 0 Å². The average Bonchev–Trinajstić information content (AvgIpc) is 2.38. The zero-order valence-corrected chi connectivity index (χ0v) is 14.1. The molecule has 112 valence electrons. The lowest BCUT2D eigenvalue weighted by atomic mass is 10.1. The minimum Gasteiger partial charge on any atom is -0.310 e. The van der Waals surface area contributed by atoms with E-state index < -0.39 is 13.3 Å². The van der Waals surface area contributed by atoms with Gasteiger partial charge >= 0.3 is 13.3 Å². The van der Waals surface area contributed by atoms with E-state index in [0.717, 1.165) is 5.56 Å². The van der Waals surface area contributed by atoms with Crippen LogP contribution in [0.1, 0.15) is 40.2 Å². The molecule has 1 atom stereocenters. The standard InChI is InChI=1S/C16H26O3P/c1-6-18-16(19-7-2,20(17)15(3,4)5)13-14-11-9-8-10-12-14/h8-12H,6-7,13H2,1-5H3/q+1. The summed E-state index contributed by atoms with van der Waals surface area (Å²) in [6.45, 7) is 10.7. The Morgan fingerprint density at radius 3 is 1.90 bits per heavy atom. The zero-order chi connectivity index (χ0) is 15.2. The molecule has 0 saturated heterocycles. The molecule has 20 heavy (non-hydrogen) atoms.